The highest BCUT2D eigenvalue weighted by Gasteiger charge is 2.33. The summed E-state index contributed by atoms with van der Waals surface area (Å²) in [7, 11) is 0. The molecule has 6 heteroatoms. The Morgan fingerprint density at radius 3 is 2.15 bits per heavy atom. The van der Waals surface area contributed by atoms with Gasteiger partial charge in [0.05, 0.1) is 5.92 Å². The van der Waals surface area contributed by atoms with E-state index in [1.165, 1.54) is 0 Å². The van der Waals surface area contributed by atoms with Gasteiger partial charge >= 0.3 is 5.97 Å². The van der Waals surface area contributed by atoms with Gasteiger partial charge in [-0.2, -0.15) is 0 Å². The normalized spacial score (nSPS) is 23.7. The summed E-state index contributed by atoms with van der Waals surface area (Å²) >= 11 is 0. The minimum absolute atomic E-state index is 0.0429. The SMILES string of the molecule is Cc1ccccc1C(=O)NC1CCN(C(=O)C2CCC(C(=O)O)CC2)CC1. The smallest absolute Gasteiger partial charge is 0.306 e. The van der Waals surface area contributed by atoms with Crippen molar-refractivity contribution >= 4 is 17.8 Å². The lowest BCUT2D eigenvalue weighted by Gasteiger charge is -2.36. The van der Waals surface area contributed by atoms with Crippen molar-refractivity contribution in [1.82, 2.24) is 10.2 Å². The number of nitrogens with one attached hydrogen (secondary N) is 1. The van der Waals surface area contributed by atoms with Gasteiger partial charge in [0.1, 0.15) is 0 Å². The van der Waals surface area contributed by atoms with Gasteiger partial charge in [-0.05, 0) is 57.1 Å². The summed E-state index contributed by atoms with van der Waals surface area (Å²) in [6.07, 6.45) is 4.03. The summed E-state index contributed by atoms with van der Waals surface area (Å²) in [6, 6.07) is 7.62. The molecular formula is C21H28N2O4. The van der Waals surface area contributed by atoms with Crippen LogP contribution in [0.25, 0.3) is 0 Å². The molecule has 0 bridgehead atoms. The van der Waals surface area contributed by atoms with E-state index < -0.39 is 5.97 Å². The van der Waals surface area contributed by atoms with E-state index in [1.807, 2.05) is 36.1 Å². The summed E-state index contributed by atoms with van der Waals surface area (Å²) < 4.78 is 0. The number of carbonyl (C=O) groups excluding carboxylic acids is 2. The number of carbonyl (C=O) groups is 3. The molecule has 1 aliphatic carbocycles. The van der Waals surface area contributed by atoms with Crippen molar-refractivity contribution in [1.29, 1.82) is 0 Å². The largest absolute Gasteiger partial charge is 0.481 e. The number of amides is 2. The number of nitrogens with zero attached hydrogens (tertiary/aromatic N) is 1. The van der Waals surface area contributed by atoms with Crippen LogP contribution in [0.2, 0.25) is 0 Å². The third kappa shape index (κ3) is 4.67. The molecule has 2 aliphatic rings. The van der Waals surface area contributed by atoms with Crippen LogP contribution in [0.1, 0.15) is 54.4 Å². The average Bonchev–Trinajstić information content (AvgIpc) is 2.68. The Morgan fingerprint density at radius 2 is 1.56 bits per heavy atom. The van der Waals surface area contributed by atoms with Gasteiger partial charge < -0.3 is 15.3 Å². The second kappa shape index (κ2) is 8.55. The lowest BCUT2D eigenvalue weighted by atomic mass is 9.81. The molecule has 27 heavy (non-hydrogen) atoms. The molecule has 0 atom stereocenters. The van der Waals surface area contributed by atoms with Gasteiger partial charge in [-0.15, -0.1) is 0 Å². The maximum absolute atomic E-state index is 12.7. The first-order valence-corrected chi connectivity index (χ1v) is 9.83. The molecule has 1 heterocycles. The lowest BCUT2D eigenvalue weighted by Crippen LogP contribution is -2.48. The van der Waals surface area contributed by atoms with Gasteiger partial charge in [-0.25, -0.2) is 0 Å². The van der Waals surface area contributed by atoms with E-state index in [9.17, 15) is 14.4 Å². The molecule has 0 spiro atoms. The average molecular weight is 372 g/mol. The standard InChI is InChI=1S/C21H28N2O4/c1-14-4-2-3-5-18(14)19(24)22-17-10-12-23(13-11-17)20(25)15-6-8-16(9-7-15)21(26)27/h2-5,15-17H,6-13H2,1H3,(H,22,24)(H,26,27). The van der Waals surface area contributed by atoms with Crippen LogP contribution < -0.4 is 5.32 Å². The molecule has 146 valence electrons. The number of aryl methyl sites for hydroxylation is 1. The molecule has 1 aromatic rings. The molecule has 1 saturated carbocycles. The zero-order valence-electron chi connectivity index (χ0n) is 15.8. The molecule has 1 aromatic carbocycles. The third-order valence-electron chi connectivity index (χ3n) is 5.96. The Hall–Kier alpha value is -2.37. The summed E-state index contributed by atoms with van der Waals surface area (Å²) in [4.78, 5) is 38.1. The third-order valence-corrected chi connectivity index (χ3v) is 5.96. The molecule has 2 N–H and O–H groups in total. The van der Waals surface area contributed by atoms with E-state index in [-0.39, 0.29) is 29.7 Å². The minimum atomic E-state index is -0.744. The fourth-order valence-corrected chi connectivity index (χ4v) is 4.18. The number of hydrogen-bond acceptors (Lipinski definition) is 3. The highest BCUT2D eigenvalue weighted by Crippen LogP contribution is 2.31. The fraction of sp³-hybridized carbons (Fsp3) is 0.571. The monoisotopic (exact) mass is 372 g/mol. The highest BCUT2D eigenvalue weighted by molar-refractivity contribution is 5.95. The van der Waals surface area contributed by atoms with Crippen molar-refractivity contribution in [3.8, 4) is 0 Å². The van der Waals surface area contributed by atoms with E-state index in [1.54, 1.807) is 0 Å². The van der Waals surface area contributed by atoms with E-state index >= 15 is 0 Å². The molecule has 0 unspecified atom stereocenters. The van der Waals surface area contributed by atoms with Crippen molar-refractivity contribution in [2.45, 2.75) is 51.5 Å². The molecular weight excluding hydrogens is 344 g/mol. The van der Waals surface area contributed by atoms with E-state index in [0.29, 0.717) is 44.3 Å². The van der Waals surface area contributed by atoms with Crippen molar-refractivity contribution in [3.63, 3.8) is 0 Å². The summed E-state index contributed by atoms with van der Waals surface area (Å²) in [6.45, 7) is 3.22. The van der Waals surface area contributed by atoms with Crippen molar-refractivity contribution < 1.29 is 19.5 Å². The zero-order valence-corrected chi connectivity index (χ0v) is 15.8. The van der Waals surface area contributed by atoms with Crippen LogP contribution in [0.4, 0.5) is 0 Å². The summed E-state index contributed by atoms with van der Waals surface area (Å²) in [5.41, 5.74) is 1.66. The number of aliphatic carboxylic acids is 1. The Bertz CT molecular complexity index is 702. The first-order chi connectivity index (χ1) is 13.0. The Balaban J connectivity index is 1.46. The van der Waals surface area contributed by atoms with Crippen LogP contribution >= 0.6 is 0 Å². The quantitative estimate of drug-likeness (QED) is 0.851. The number of rotatable bonds is 4. The predicted molar refractivity (Wildman–Crippen MR) is 101 cm³/mol. The van der Waals surface area contributed by atoms with Gasteiger partial charge in [-0.1, -0.05) is 18.2 Å². The molecule has 1 saturated heterocycles. The highest BCUT2D eigenvalue weighted by atomic mass is 16.4. The number of carboxylic acids is 1. The van der Waals surface area contributed by atoms with E-state index in [4.69, 9.17) is 5.11 Å². The molecule has 3 rings (SSSR count). The van der Waals surface area contributed by atoms with Crippen LogP contribution in [0, 0.1) is 18.8 Å². The van der Waals surface area contributed by atoms with Crippen LogP contribution in [0.15, 0.2) is 24.3 Å². The minimum Gasteiger partial charge on any atom is -0.481 e. The van der Waals surface area contributed by atoms with Crippen LogP contribution in [-0.4, -0.2) is 46.9 Å². The number of likely N-dealkylation sites (tertiary alicyclic amines) is 1. The molecule has 6 nitrogen and oxygen atoms in total. The molecule has 0 aromatic heterocycles. The van der Waals surface area contributed by atoms with E-state index in [2.05, 4.69) is 5.32 Å². The van der Waals surface area contributed by atoms with Crippen molar-refractivity contribution in [3.05, 3.63) is 35.4 Å². The summed E-state index contributed by atoms with van der Waals surface area (Å²) in [5, 5.41) is 12.2. The molecule has 0 radical (unpaired) electrons. The Kier molecular flexibility index (Phi) is 6.14. The van der Waals surface area contributed by atoms with Gasteiger partial charge in [-0.3, -0.25) is 14.4 Å². The number of piperidine rings is 1. The van der Waals surface area contributed by atoms with Gasteiger partial charge in [0.25, 0.3) is 5.91 Å². The maximum atomic E-state index is 12.7. The van der Waals surface area contributed by atoms with Crippen molar-refractivity contribution in [2.75, 3.05) is 13.1 Å². The molecule has 1 aliphatic heterocycles. The van der Waals surface area contributed by atoms with Gasteiger partial charge in [0.2, 0.25) is 5.91 Å². The van der Waals surface area contributed by atoms with Crippen LogP contribution in [0.5, 0.6) is 0 Å². The molecule has 2 amide bonds. The Labute approximate surface area is 159 Å². The van der Waals surface area contributed by atoms with Crippen molar-refractivity contribution in [2.24, 2.45) is 11.8 Å². The Morgan fingerprint density at radius 1 is 0.963 bits per heavy atom. The van der Waals surface area contributed by atoms with Gasteiger partial charge in [0.15, 0.2) is 0 Å². The van der Waals surface area contributed by atoms with Gasteiger partial charge in [0, 0.05) is 30.6 Å². The number of benzene rings is 1. The van der Waals surface area contributed by atoms with Crippen LogP contribution in [-0.2, 0) is 9.59 Å². The summed E-state index contributed by atoms with van der Waals surface area (Å²) in [5.74, 6) is -0.978. The second-order valence-corrected chi connectivity index (χ2v) is 7.77. The first kappa shape index (κ1) is 19.4. The zero-order chi connectivity index (χ0) is 19.4. The van der Waals surface area contributed by atoms with Crippen LogP contribution in [0.3, 0.4) is 0 Å². The first-order valence-electron chi connectivity index (χ1n) is 9.83. The number of hydrogen-bond donors (Lipinski definition) is 2. The topological polar surface area (TPSA) is 86.7 Å². The van der Waals surface area contributed by atoms with E-state index in [0.717, 1.165) is 18.4 Å². The second-order valence-electron chi connectivity index (χ2n) is 7.77. The predicted octanol–water partition coefficient (Wildman–Crippen LogP) is 2.61. The lowest BCUT2D eigenvalue weighted by molar-refractivity contribution is -0.146. The fourth-order valence-electron chi connectivity index (χ4n) is 4.18. The number of carboxylic acid groups (broad SMARTS) is 1. The maximum Gasteiger partial charge on any atom is 0.306 e. The molecule has 2 fully saturated rings.